The van der Waals surface area contributed by atoms with Gasteiger partial charge in [-0.3, -0.25) is 0 Å². The standard InChI is InChI=1S/C10H10FN3S2/c1-12-5-7-4-8(11)2-3-9(7)16-10-14-13-6-15-10/h2-4,6,12H,5H2,1H3. The zero-order valence-corrected chi connectivity index (χ0v) is 10.2. The summed E-state index contributed by atoms with van der Waals surface area (Å²) in [4.78, 5) is 1.01. The SMILES string of the molecule is CNCc1cc(F)ccc1Sc1nncs1. The molecule has 0 radical (unpaired) electrons. The molecule has 0 aliphatic rings. The first-order valence-corrected chi connectivity index (χ1v) is 6.36. The van der Waals surface area contributed by atoms with Crippen molar-refractivity contribution in [3.8, 4) is 0 Å². The fraction of sp³-hybridized carbons (Fsp3) is 0.200. The molecule has 1 heterocycles. The molecule has 16 heavy (non-hydrogen) atoms. The molecule has 0 saturated heterocycles. The Hall–Kier alpha value is -0.980. The predicted molar refractivity (Wildman–Crippen MR) is 63.2 cm³/mol. The largest absolute Gasteiger partial charge is 0.316 e. The molecule has 84 valence electrons. The van der Waals surface area contributed by atoms with Crippen molar-refractivity contribution >= 4 is 23.1 Å². The van der Waals surface area contributed by atoms with E-state index in [0.717, 1.165) is 14.8 Å². The van der Waals surface area contributed by atoms with Gasteiger partial charge in [-0.15, -0.1) is 10.2 Å². The number of rotatable bonds is 4. The third kappa shape index (κ3) is 2.78. The van der Waals surface area contributed by atoms with Crippen LogP contribution in [0.25, 0.3) is 0 Å². The van der Waals surface area contributed by atoms with Gasteiger partial charge in [0.25, 0.3) is 0 Å². The van der Waals surface area contributed by atoms with E-state index in [1.807, 2.05) is 7.05 Å². The van der Waals surface area contributed by atoms with E-state index in [2.05, 4.69) is 15.5 Å². The number of nitrogens with one attached hydrogen (secondary N) is 1. The summed E-state index contributed by atoms with van der Waals surface area (Å²) >= 11 is 2.98. The van der Waals surface area contributed by atoms with E-state index in [0.29, 0.717) is 6.54 Å². The van der Waals surface area contributed by atoms with E-state index in [4.69, 9.17) is 0 Å². The molecule has 0 amide bonds. The van der Waals surface area contributed by atoms with Gasteiger partial charge in [0, 0.05) is 11.4 Å². The lowest BCUT2D eigenvalue weighted by molar-refractivity contribution is 0.621. The average Bonchev–Trinajstić information content (AvgIpc) is 2.75. The van der Waals surface area contributed by atoms with Gasteiger partial charge < -0.3 is 5.32 Å². The lowest BCUT2D eigenvalue weighted by atomic mass is 10.2. The Balaban J connectivity index is 2.25. The smallest absolute Gasteiger partial charge is 0.178 e. The monoisotopic (exact) mass is 255 g/mol. The number of hydrogen-bond acceptors (Lipinski definition) is 5. The lowest BCUT2D eigenvalue weighted by Crippen LogP contribution is -2.06. The maximum atomic E-state index is 13.1. The Labute approximate surface area is 101 Å². The number of halogens is 1. The Morgan fingerprint density at radius 1 is 1.50 bits per heavy atom. The van der Waals surface area contributed by atoms with Gasteiger partial charge in [-0.05, 0) is 30.8 Å². The van der Waals surface area contributed by atoms with Crippen molar-refractivity contribution < 1.29 is 4.39 Å². The molecule has 0 atom stereocenters. The van der Waals surface area contributed by atoms with Gasteiger partial charge in [-0.2, -0.15) is 0 Å². The summed E-state index contributed by atoms with van der Waals surface area (Å²) in [5.74, 6) is -0.216. The second-order valence-corrected chi connectivity index (χ2v) is 5.21. The van der Waals surface area contributed by atoms with Crippen LogP contribution in [0, 0.1) is 5.82 Å². The topological polar surface area (TPSA) is 37.8 Å². The first-order valence-electron chi connectivity index (χ1n) is 4.66. The summed E-state index contributed by atoms with van der Waals surface area (Å²) in [5.41, 5.74) is 2.62. The minimum Gasteiger partial charge on any atom is -0.316 e. The summed E-state index contributed by atoms with van der Waals surface area (Å²) in [6.45, 7) is 0.638. The van der Waals surface area contributed by atoms with Crippen LogP contribution in [-0.2, 0) is 6.54 Å². The van der Waals surface area contributed by atoms with Gasteiger partial charge in [-0.1, -0.05) is 23.1 Å². The molecule has 2 rings (SSSR count). The summed E-state index contributed by atoms with van der Waals surface area (Å²) in [5, 5.41) is 10.7. The molecular formula is C10H10FN3S2. The molecule has 1 aromatic heterocycles. The molecule has 2 aromatic rings. The number of aromatic nitrogens is 2. The third-order valence-corrected chi connectivity index (χ3v) is 3.82. The highest BCUT2D eigenvalue weighted by atomic mass is 32.2. The third-order valence-electron chi connectivity index (χ3n) is 1.93. The maximum Gasteiger partial charge on any atom is 0.178 e. The fourth-order valence-electron chi connectivity index (χ4n) is 1.28. The lowest BCUT2D eigenvalue weighted by Gasteiger charge is -2.06. The highest BCUT2D eigenvalue weighted by Gasteiger charge is 2.07. The molecule has 0 fully saturated rings. The number of hydrogen-bond donors (Lipinski definition) is 1. The molecule has 1 aromatic carbocycles. The van der Waals surface area contributed by atoms with Crippen LogP contribution in [0.5, 0.6) is 0 Å². The molecule has 6 heteroatoms. The first kappa shape index (κ1) is 11.5. The Kier molecular flexibility index (Phi) is 3.87. The normalized spacial score (nSPS) is 10.6. The van der Waals surface area contributed by atoms with Crippen molar-refractivity contribution in [1.29, 1.82) is 0 Å². The second-order valence-electron chi connectivity index (χ2n) is 3.09. The Morgan fingerprint density at radius 3 is 3.06 bits per heavy atom. The van der Waals surface area contributed by atoms with Crippen LogP contribution >= 0.6 is 23.1 Å². The van der Waals surface area contributed by atoms with E-state index in [1.165, 1.54) is 29.2 Å². The second kappa shape index (κ2) is 5.38. The summed E-state index contributed by atoms with van der Waals surface area (Å²) in [6, 6.07) is 4.77. The Bertz CT molecular complexity index is 459. The highest BCUT2D eigenvalue weighted by molar-refractivity contribution is 8.01. The van der Waals surface area contributed by atoms with Gasteiger partial charge in [0.05, 0.1) is 0 Å². The van der Waals surface area contributed by atoms with E-state index in [9.17, 15) is 4.39 Å². The molecular weight excluding hydrogens is 245 g/mol. The summed E-state index contributed by atoms with van der Waals surface area (Å²) in [7, 11) is 1.84. The van der Waals surface area contributed by atoms with Crippen LogP contribution in [0.4, 0.5) is 4.39 Å². The van der Waals surface area contributed by atoms with Crippen molar-refractivity contribution in [3.05, 3.63) is 35.1 Å². The molecule has 0 unspecified atom stereocenters. The van der Waals surface area contributed by atoms with Gasteiger partial charge >= 0.3 is 0 Å². The van der Waals surface area contributed by atoms with E-state index >= 15 is 0 Å². The van der Waals surface area contributed by atoms with Crippen LogP contribution in [0.1, 0.15) is 5.56 Å². The molecule has 3 nitrogen and oxygen atoms in total. The number of nitrogens with zero attached hydrogens (tertiary/aromatic N) is 2. The maximum absolute atomic E-state index is 13.1. The molecule has 0 saturated carbocycles. The summed E-state index contributed by atoms with van der Waals surface area (Å²) in [6.07, 6.45) is 0. The minimum atomic E-state index is -0.216. The first-order chi connectivity index (χ1) is 7.79. The summed E-state index contributed by atoms with van der Waals surface area (Å²) < 4.78 is 14.0. The molecule has 1 N–H and O–H groups in total. The minimum absolute atomic E-state index is 0.216. The quantitative estimate of drug-likeness (QED) is 0.911. The van der Waals surface area contributed by atoms with E-state index in [-0.39, 0.29) is 5.82 Å². The zero-order valence-electron chi connectivity index (χ0n) is 8.61. The predicted octanol–water partition coefficient (Wildman–Crippen LogP) is 2.55. The van der Waals surface area contributed by atoms with E-state index in [1.54, 1.807) is 17.6 Å². The van der Waals surface area contributed by atoms with Gasteiger partial charge in [0.1, 0.15) is 11.3 Å². The van der Waals surface area contributed by atoms with Crippen LogP contribution < -0.4 is 5.32 Å². The van der Waals surface area contributed by atoms with Gasteiger partial charge in [-0.25, -0.2) is 4.39 Å². The molecule has 0 spiro atoms. The van der Waals surface area contributed by atoms with Crippen LogP contribution in [0.15, 0.2) is 32.9 Å². The van der Waals surface area contributed by atoms with Gasteiger partial charge in [0.15, 0.2) is 4.34 Å². The zero-order chi connectivity index (χ0) is 11.4. The fourth-order valence-corrected chi connectivity index (χ4v) is 2.82. The van der Waals surface area contributed by atoms with Crippen LogP contribution in [0.2, 0.25) is 0 Å². The average molecular weight is 255 g/mol. The highest BCUT2D eigenvalue weighted by Crippen LogP contribution is 2.31. The van der Waals surface area contributed by atoms with Crippen molar-refractivity contribution in [2.45, 2.75) is 15.8 Å². The number of benzene rings is 1. The Morgan fingerprint density at radius 2 is 2.38 bits per heavy atom. The van der Waals surface area contributed by atoms with Crippen molar-refractivity contribution in [1.82, 2.24) is 15.5 Å². The van der Waals surface area contributed by atoms with Crippen LogP contribution in [0.3, 0.4) is 0 Å². The molecule has 0 aliphatic carbocycles. The van der Waals surface area contributed by atoms with E-state index < -0.39 is 0 Å². The van der Waals surface area contributed by atoms with Crippen molar-refractivity contribution in [2.75, 3.05) is 7.05 Å². The van der Waals surface area contributed by atoms with Gasteiger partial charge in [0.2, 0.25) is 0 Å². The van der Waals surface area contributed by atoms with Crippen molar-refractivity contribution in [2.24, 2.45) is 0 Å². The molecule has 0 aliphatic heterocycles. The van der Waals surface area contributed by atoms with Crippen molar-refractivity contribution in [3.63, 3.8) is 0 Å². The molecule has 0 bridgehead atoms. The van der Waals surface area contributed by atoms with Crippen LogP contribution in [-0.4, -0.2) is 17.2 Å².